The van der Waals surface area contributed by atoms with Gasteiger partial charge in [0, 0.05) is 29.2 Å². The van der Waals surface area contributed by atoms with E-state index in [2.05, 4.69) is 48.0 Å². The van der Waals surface area contributed by atoms with E-state index in [9.17, 15) is 0 Å². The van der Waals surface area contributed by atoms with Gasteiger partial charge in [0.15, 0.2) is 0 Å². The fraction of sp³-hybridized carbons (Fsp3) is 0.550. The van der Waals surface area contributed by atoms with E-state index >= 15 is 0 Å². The van der Waals surface area contributed by atoms with E-state index in [1.54, 1.807) is 0 Å². The molecule has 0 bridgehead atoms. The first kappa shape index (κ1) is 14.6. The van der Waals surface area contributed by atoms with E-state index in [-0.39, 0.29) is 0 Å². The van der Waals surface area contributed by atoms with Crippen LogP contribution >= 0.6 is 0 Å². The molecule has 3 heteroatoms. The van der Waals surface area contributed by atoms with Crippen LogP contribution in [0.3, 0.4) is 0 Å². The maximum atomic E-state index is 9.09. The van der Waals surface area contributed by atoms with E-state index in [0.29, 0.717) is 17.2 Å². The van der Waals surface area contributed by atoms with Crippen LogP contribution in [0.1, 0.15) is 51.6 Å². The third kappa shape index (κ3) is 2.61. The van der Waals surface area contributed by atoms with Crippen LogP contribution < -0.4 is 4.90 Å². The molecular formula is C20H25N3. The summed E-state index contributed by atoms with van der Waals surface area (Å²) in [5.74, 6) is 0.837. The minimum absolute atomic E-state index is 0.378. The Labute approximate surface area is 138 Å². The summed E-state index contributed by atoms with van der Waals surface area (Å²) >= 11 is 0. The van der Waals surface area contributed by atoms with Crippen LogP contribution in [-0.2, 0) is 0 Å². The molecule has 1 saturated carbocycles. The number of nitrogens with one attached hydrogen (secondary N) is 1. The average molecular weight is 307 g/mol. The Bertz CT molecular complexity index is 765. The summed E-state index contributed by atoms with van der Waals surface area (Å²) in [6.07, 6.45) is 6.83. The summed E-state index contributed by atoms with van der Waals surface area (Å²) < 4.78 is 0. The number of fused-ring (bicyclic) bond motifs is 2. The van der Waals surface area contributed by atoms with E-state index < -0.39 is 0 Å². The molecule has 120 valence electrons. The Balaban J connectivity index is 1.73. The Morgan fingerprint density at radius 2 is 2.04 bits per heavy atom. The Morgan fingerprint density at radius 3 is 2.87 bits per heavy atom. The van der Waals surface area contributed by atoms with Crippen molar-refractivity contribution in [3.05, 3.63) is 30.0 Å². The molecule has 1 aromatic heterocycles. The lowest BCUT2D eigenvalue weighted by Gasteiger charge is -2.51. The molecule has 2 atom stereocenters. The summed E-state index contributed by atoms with van der Waals surface area (Å²) in [4.78, 5) is 5.83. The Morgan fingerprint density at radius 1 is 1.22 bits per heavy atom. The van der Waals surface area contributed by atoms with Gasteiger partial charge >= 0.3 is 0 Å². The van der Waals surface area contributed by atoms with Gasteiger partial charge in [-0.3, -0.25) is 0 Å². The zero-order valence-corrected chi connectivity index (χ0v) is 14.1. The van der Waals surface area contributed by atoms with Gasteiger partial charge in [-0.15, -0.1) is 0 Å². The molecule has 1 saturated heterocycles. The first-order valence-electron chi connectivity index (χ1n) is 8.85. The number of nitrogens with zero attached hydrogens (tertiary/aromatic N) is 2. The van der Waals surface area contributed by atoms with Gasteiger partial charge < -0.3 is 9.88 Å². The molecule has 2 heterocycles. The summed E-state index contributed by atoms with van der Waals surface area (Å²) in [5, 5.41) is 10.2. The van der Waals surface area contributed by atoms with Crippen LogP contribution in [0.4, 0.5) is 5.69 Å². The van der Waals surface area contributed by atoms with Crippen molar-refractivity contribution in [3.63, 3.8) is 0 Å². The number of benzene rings is 1. The van der Waals surface area contributed by atoms with E-state index in [4.69, 9.17) is 5.26 Å². The highest BCUT2D eigenvalue weighted by atomic mass is 15.2. The molecule has 23 heavy (non-hydrogen) atoms. The van der Waals surface area contributed by atoms with Crippen LogP contribution in [0.5, 0.6) is 0 Å². The largest absolute Gasteiger partial charge is 0.368 e. The van der Waals surface area contributed by atoms with E-state index in [1.807, 2.05) is 6.07 Å². The average Bonchev–Trinajstić information content (AvgIpc) is 2.95. The number of nitriles is 1. The van der Waals surface area contributed by atoms with Crippen molar-refractivity contribution in [2.45, 2.75) is 52.0 Å². The predicted octanol–water partition coefficient (Wildman–Crippen LogP) is 4.83. The second-order valence-corrected chi connectivity index (χ2v) is 8.17. The third-order valence-corrected chi connectivity index (χ3v) is 5.74. The van der Waals surface area contributed by atoms with Gasteiger partial charge in [0.1, 0.15) is 11.8 Å². The number of aromatic amines is 1. The second kappa shape index (κ2) is 5.30. The van der Waals surface area contributed by atoms with Crippen LogP contribution in [-0.4, -0.2) is 17.6 Å². The zero-order valence-electron chi connectivity index (χ0n) is 14.1. The van der Waals surface area contributed by atoms with Crippen LogP contribution in [0.2, 0.25) is 0 Å². The monoisotopic (exact) mass is 307 g/mol. The van der Waals surface area contributed by atoms with Crippen LogP contribution in [0.25, 0.3) is 10.9 Å². The van der Waals surface area contributed by atoms with Crippen molar-refractivity contribution >= 4 is 16.6 Å². The lowest BCUT2D eigenvalue weighted by molar-refractivity contribution is 0.145. The second-order valence-electron chi connectivity index (χ2n) is 8.17. The van der Waals surface area contributed by atoms with Crippen molar-refractivity contribution in [1.29, 1.82) is 5.26 Å². The summed E-state index contributed by atoms with van der Waals surface area (Å²) in [6.45, 7) is 5.95. The zero-order chi connectivity index (χ0) is 16.0. The van der Waals surface area contributed by atoms with E-state index in [0.717, 1.165) is 23.4 Å². The first-order valence-corrected chi connectivity index (χ1v) is 8.85. The third-order valence-electron chi connectivity index (χ3n) is 5.74. The maximum Gasteiger partial charge on any atom is 0.118 e. The number of H-pyrrole nitrogens is 1. The molecular weight excluding hydrogens is 282 g/mol. The number of piperidine rings is 1. The van der Waals surface area contributed by atoms with Gasteiger partial charge in [-0.2, -0.15) is 5.26 Å². The smallest absolute Gasteiger partial charge is 0.118 e. The minimum atomic E-state index is 0.378. The maximum absolute atomic E-state index is 9.09. The molecule has 2 fully saturated rings. The van der Waals surface area contributed by atoms with Crippen molar-refractivity contribution < 1.29 is 0 Å². The van der Waals surface area contributed by atoms with Crippen molar-refractivity contribution in [3.8, 4) is 6.07 Å². The fourth-order valence-electron chi connectivity index (χ4n) is 4.83. The van der Waals surface area contributed by atoms with Crippen molar-refractivity contribution in [2.75, 3.05) is 11.4 Å². The van der Waals surface area contributed by atoms with Gasteiger partial charge in [-0.1, -0.05) is 26.7 Å². The standard InChI is InChI=1S/C20H25N3/c1-20(2)11-14-5-3-4-6-19(14)23(13-20)17-7-8-18-15(10-17)9-16(12-21)22-18/h7-10,14,19,22H,3-6,11,13H2,1-2H3/t14-,19+/m1/s1. The number of aromatic nitrogens is 1. The lowest BCUT2D eigenvalue weighted by Crippen LogP contribution is -2.53. The SMILES string of the molecule is CC1(C)C[C@H]2CCCC[C@@H]2N(c2ccc3[nH]c(C#N)cc3c2)C1. The molecule has 2 aliphatic rings. The number of anilines is 1. The number of rotatable bonds is 1. The Kier molecular flexibility index (Phi) is 3.37. The first-order chi connectivity index (χ1) is 11.1. The van der Waals surface area contributed by atoms with Gasteiger partial charge in [-0.25, -0.2) is 0 Å². The molecule has 0 spiro atoms. The van der Waals surface area contributed by atoms with Crippen LogP contribution in [0.15, 0.2) is 24.3 Å². The topological polar surface area (TPSA) is 42.8 Å². The van der Waals surface area contributed by atoms with Gasteiger partial charge in [-0.05, 0) is 54.9 Å². The van der Waals surface area contributed by atoms with Gasteiger partial charge in [0.2, 0.25) is 0 Å². The Hall–Kier alpha value is -1.95. The number of hydrogen-bond acceptors (Lipinski definition) is 2. The normalized spacial score (nSPS) is 26.7. The minimum Gasteiger partial charge on any atom is -0.368 e. The van der Waals surface area contributed by atoms with E-state index in [1.165, 1.54) is 37.8 Å². The molecule has 1 aliphatic carbocycles. The molecule has 2 aromatic rings. The molecule has 0 radical (unpaired) electrons. The molecule has 3 nitrogen and oxygen atoms in total. The highest BCUT2D eigenvalue weighted by Crippen LogP contribution is 2.44. The predicted molar refractivity (Wildman–Crippen MR) is 94.5 cm³/mol. The molecule has 4 rings (SSSR count). The molecule has 1 aliphatic heterocycles. The molecule has 0 amide bonds. The molecule has 0 unspecified atom stereocenters. The quantitative estimate of drug-likeness (QED) is 0.819. The molecule has 1 aromatic carbocycles. The lowest BCUT2D eigenvalue weighted by atomic mass is 9.69. The van der Waals surface area contributed by atoms with Crippen LogP contribution in [0, 0.1) is 22.7 Å². The number of hydrogen-bond donors (Lipinski definition) is 1. The summed E-state index contributed by atoms with van der Waals surface area (Å²) in [6, 6.07) is 11.5. The van der Waals surface area contributed by atoms with Gasteiger partial charge in [0.05, 0.1) is 0 Å². The van der Waals surface area contributed by atoms with Crippen molar-refractivity contribution in [1.82, 2.24) is 4.98 Å². The summed E-state index contributed by atoms with van der Waals surface area (Å²) in [7, 11) is 0. The summed E-state index contributed by atoms with van der Waals surface area (Å²) in [5.41, 5.74) is 3.41. The molecule has 1 N–H and O–H groups in total. The fourth-order valence-corrected chi connectivity index (χ4v) is 4.83. The highest BCUT2D eigenvalue weighted by molar-refractivity contribution is 5.85. The van der Waals surface area contributed by atoms with Crippen molar-refractivity contribution in [2.24, 2.45) is 11.3 Å². The highest BCUT2D eigenvalue weighted by Gasteiger charge is 2.40. The van der Waals surface area contributed by atoms with Gasteiger partial charge in [0.25, 0.3) is 0 Å².